The Labute approximate surface area is 63.2 Å². The quantitative estimate of drug-likeness (QED) is 0.275. The molecule has 0 bridgehead atoms. The average Bonchev–Trinajstić information content (AvgIpc) is 1.95. The van der Waals surface area contributed by atoms with E-state index in [1.165, 1.54) is 0 Å². The normalized spacial score (nSPS) is 8.73. The van der Waals surface area contributed by atoms with Gasteiger partial charge in [0, 0.05) is 16.3 Å². The zero-order chi connectivity index (χ0) is 8.27. The molecule has 0 amide bonds. The second kappa shape index (κ2) is 2.81. The van der Waals surface area contributed by atoms with Crippen LogP contribution in [0.4, 0.5) is 17.1 Å². The zero-order valence-electron chi connectivity index (χ0n) is 5.73. The van der Waals surface area contributed by atoms with Gasteiger partial charge in [-0.05, 0) is 23.7 Å². The summed E-state index contributed by atoms with van der Waals surface area (Å²) in [6.45, 7) is 0. The molecule has 0 unspecified atom stereocenters. The van der Waals surface area contributed by atoms with Crippen LogP contribution in [0.1, 0.15) is 0 Å². The maximum absolute atomic E-state index is 8.08. The van der Waals surface area contributed by atoms with Crippen LogP contribution >= 0.6 is 0 Å². The topological polar surface area (TPSA) is 101 Å². The van der Waals surface area contributed by atoms with Crippen LogP contribution in [0.25, 0.3) is 10.4 Å². The lowest BCUT2D eigenvalue weighted by atomic mass is 10.2. The molecule has 5 nitrogen and oxygen atoms in total. The third-order valence-electron chi connectivity index (χ3n) is 1.20. The number of nitrogens with zero attached hydrogens (tertiary/aromatic N) is 3. The lowest BCUT2D eigenvalue weighted by Gasteiger charge is -1.98. The van der Waals surface area contributed by atoms with E-state index >= 15 is 0 Å². The van der Waals surface area contributed by atoms with E-state index < -0.39 is 0 Å². The Balaban J connectivity index is 3.19. The van der Waals surface area contributed by atoms with E-state index in [4.69, 9.17) is 17.0 Å². The van der Waals surface area contributed by atoms with Crippen LogP contribution < -0.4 is 11.5 Å². The van der Waals surface area contributed by atoms with Crippen molar-refractivity contribution in [1.29, 1.82) is 0 Å². The Kier molecular flexibility index (Phi) is 1.85. The number of azide groups is 1. The molecular weight excluding hydrogens is 142 g/mol. The molecule has 0 atom stereocenters. The van der Waals surface area contributed by atoms with Crippen molar-refractivity contribution in [3.05, 3.63) is 28.6 Å². The lowest BCUT2D eigenvalue weighted by Crippen LogP contribution is -1.88. The summed E-state index contributed by atoms with van der Waals surface area (Å²) < 4.78 is 0. The van der Waals surface area contributed by atoms with Crippen LogP contribution in [-0.2, 0) is 0 Å². The minimum absolute atomic E-state index is 0.391. The maximum atomic E-state index is 8.08. The largest absolute Gasteiger partial charge is 0.399 e. The first-order valence-corrected chi connectivity index (χ1v) is 2.94. The van der Waals surface area contributed by atoms with Crippen molar-refractivity contribution in [2.24, 2.45) is 5.11 Å². The minimum Gasteiger partial charge on any atom is -0.399 e. The van der Waals surface area contributed by atoms with Crippen molar-refractivity contribution in [2.45, 2.75) is 0 Å². The Hall–Kier alpha value is -1.87. The van der Waals surface area contributed by atoms with E-state index in [2.05, 4.69) is 10.0 Å². The highest BCUT2D eigenvalue weighted by Gasteiger charge is 1.94. The van der Waals surface area contributed by atoms with Gasteiger partial charge in [0.05, 0.1) is 5.69 Å². The second-order valence-electron chi connectivity index (χ2n) is 2.01. The van der Waals surface area contributed by atoms with E-state index in [9.17, 15) is 0 Å². The van der Waals surface area contributed by atoms with Crippen molar-refractivity contribution in [2.75, 3.05) is 11.5 Å². The summed E-state index contributed by atoms with van der Waals surface area (Å²) in [4.78, 5) is 2.60. The molecule has 0 saturated carbocycles. The van der Waals surface area contributed by atoms with Gasteiger partial charge in [0.2, 0.25) is 0 Å². The summed E-state index contributed by atoms with van der Waals surface area (Å²) >= 11 is 0. The van der Waals surface area contributed by atoms with E-state index in [-0.39, 0.29) is 0 Å². The fourth-order valence-electron chi connectivity index (χ4n) is 0.712. The molecule has 0 saturated heterocycles. The summed E-state index contributed by atoms with van der Waals surface area (Å²) in [6.07, 6.45) is 0. The first kappa shape index (κ1) is 7.24. The number of hydrogen-bond acceptors (Lipinski definition) is 3. The van der Waals surface area contributed by atoms with Crippen molar-refractivity contribution in [1.82, 2.24) is 0 Å². The number of hydrogen-bond donors (Lipinski definition) is 2. The molecule has 0 heterocycles. The molecule has 4 N–H and O–H groups in total. The minimum atomic E-state index is 0.391. The number of nitrogens with two attached hydrogens (primary N) is 2. The zero-order valence-corrected chi connectivity index (χ0v) is 5.73. The molecule has 0 aromatic heterocycles. The maximum Gasteiger partial charge on any atom is 0.0606 e. The van der Waals surface area contributed by atoms with Crippen LogP contribution in [0.2, 0.25) is 0 Å². The van der Waals surface area contributed by atoms with Crippen LogP contribution in [0.3, 0.4) is 0 Å². The van der Waals surface area contributed by atoms with Gasteiger partial charge in [-0.3, -0.25) is 0 Å². The lowest BCUT2D eigenvalue weighted by molar-refractivity contribution is 1.48. The van der Waals surface area contributed by atoms with Crippen LogP contribution in [0.15, 0.2) is 23.3 Å². The van der Waals surface area contributed by atoms with Crippen molar-refractivity contribution >= 4 is 17.1 Å². The molecule has 0 aliphatic heterocycles. The van der Waals surface area contributed by atoms with E-state index in [1.807, 2.05) is 0 Å². The highest BCUT2D eigenvalue weighted by atomic mass is 15.1. The first-order valence-electron chi connectivity index (χ1n) is 2.94. The predicted molar refractivity (Wildman–Crippen MR) is 44.1 cm³/mol. The van der Waals surface area contributed by atoms with Gasteiger partial charge < -0.3 is 11.5 Å². The molecule has 0 fully saturated rings. The van der Waals surface area contributed by atoms with Gasteiger partial charge in [0.15, 0.2) is 0 Å². The molecule has 1 aromatic carbocycles. The molecule has 56 valence electrons. The summed E-state index contributed by atoms with van der Waals surface area (Å²) in [5, 5.41) is 3.35. The summed E-state index contributed by atoms with van der Waals surface area (Å²) in [6, 6.07) is 4.74. The number of anilines is 2. The molecular formula is C6H7N5. The van der Waals surface area contributed by atoms with Gasteiger partial charge in [-0.25, -0.2) is 0 Å². The van der Waals surface area contributed by atoms with Crippen LogP contribution in [0.5, 0.6) is 0 Å². The molecule has 0 aliphatic carbocycles. The van der Waals surface area contributed by atoms with E-state index in [0.717, 1.165) is 0 Å². The number of rotatable bonds is 1. The van der Waals surface area contributed by atoms with Crippen molar-refractivity contribution < 1.29 is 0 Å². The highest BCUT2D eigenvalue weighted by Crippen LogP contribution is 2.23. The fourth-order valence-corrected chi connectivity index (χ4v) is 0.712. The fraction of sp³-hybridized carbons (Fsp3) is 0. The smallest absolute Gasteiger partial charge is 0.0606 e. The van der Waals surface area contributed by atoms with E-state index in [1.54, 1.807) is 18.2 Å². The van der Waals surface area contributed by atoms with Gasteiger partial charge in [0.1, 0.15) is 0 Å². The molecule has 1 rings (SSSR count). The van der Waals surface area contributed by atoms with Crippen LogP contribution in [0, 0.1) is 0 Å². The Morgan fingerprint density at radius 1 is 1.36 bits per heavy atom. The third kappa shape index (κ3) is 1.53. The van der Waals surface area contributed by atoms with Gasteiger partial charge in [0.25, 0.3) is 0 Å². The van der Waals surface area contributed by atoms with Crippen molar-refractivity contribution in [3.8, 4) is 0 Å². The molecule has 0 spiro atoms. The molecule has 0 radical (unpaired) electrons. The van der Waals surface area contributed by atoms with Crippen LogP contribution in [-0.4, -0.2) is 0 Å². The Bertz CT molecular complexity index is 313. The molecule has 0 aliphatic rings. The Morgan fingerprint density at radius 2 is 2.09 bits per heavy atom. The predicted octanol–water partition coefficient (Wildman–Crippen LogP) is 1.79. The summed E-state index contributed by atoms with van der Waals surface area (Å²) in [5.74, 6) is 0. The highest BCUT2D eigenvalue weighted by molar-refractivity contribution is 5.67. The SMILES string of the molecule is [N-]=[N+]=Nc1ccc(N)cc1N. The standard InChI is InChI=1S/C6H7N5/c7-4-1-2-6(10-11-9)5(8)3-4/h1-3H,7-8H2. The summed E-state index contributed by atoms with van der Waals surface area (Å²) in [5.41, 5.74) is 20.3. The average molecular weight is 149 g/mol. The van der Waals surface area contributed by atoms with Crippen molar-refractivity contribution in [3.63, 3.8) is 0 Å². The van der Waals surface area contributed by atoms with Gasteiger partial charge in [-0.15, -0.1) is 0 Å². The molecule has 11 heavy (non-hydrogen) atoms. The second-order valence-corrected chi connectivity index (χ2v) is 2.01. The van der Waals surface area contributed by atoms with Gasteiger partial charge >= 0.3 is 0 Å². The Morgan fingerprint density at radius 3 is 2.64 bits per heavy atom. The third-order valence-corrected chi connectivity index (χ3v) is 1.20. The number of nitrogen functional groups attached to an aromatic ring is 2. The van der Waals surface area contributed by atoms with E-state index in [0.29, 0.717) is 17.1 Å². The van der Waals surface area contributed by atoms with Gasteiger partial charge in [-0.1, -0.05) is 5.11 Å². The first-order chi connectivity index (χ1) is 5.24. The number of benzene rings is 1. The molecule has 1 aromatic rings. The monoisotopic (exact) mass is 149 g/mol. The molecule has 5 heteroatoms. The summed E-state index contributed by atoms with van der Waals surface area (Å²) in [7, 11) is 0. The van der Waals surface area contributed by atoms with Gasteiger partial charge in [-0.2, -0.15) is 0 Å².